The largest absolute Gasteiger partial charge is 0.395 e. The Hall–Kier alpha value is -0.120. The normalized spacial score (nSPS) is 52.3. The van der Waals surface area contributed by atoms with Crippen LogP contribution < -0.4 is 5.32 Å². The first-order chi connectivity index (χ1) is 11.9. The van der Waals surface area contributed by atoms with Crippen molar-refractivity contribution < 1.29 is 10.2 Å². The van der Waals surface area contributed by atoms with Gasteiger partial charge in [0.25, 0.3) is 0 Å². The molecule has 0 unspecified atom stereocenters. The summed E-state index contributed by atoms with van der Waals surface area (Å²) in [5.74, 6) is 3.41. The Kier molecular flexibility index (Phi) is 4.74. The Morgan fingerprint density at radius 1 is 0.920 bits per heavy atom. The van der Waals surface area contributed by atoms with E-state index in [4.69, 9.17) is 5.11 Å². The van der Waals surface area contributed by atoms with E-state index in [9.17, 15) is 5.11 Å². The Morgan fingerprint density at radius 3 is 2.52 bits per heavy atom. The number of nitrogens with one attached hydrogen (secondary N) is 1. The van der Waals surface area contributed by atoms with Gasteiger partial charge in [-0.1, -0.05) is 26.7 Å². The zero-order valence-corrected chi connectivity index (χ0v) is 16.4. The van der Waals surface area contributed by atoms with Crippen LogP contribution in [0.1, 0.15) is 78.1 Å². The molecule has 0 aromatic carbocycles. The molecule has 4 fully saturated rings. The highest BCUT2D eigenvalue weighted by Gasteiger charge is 2.64. The molecule has 0 saturated heterocycles. The number of rotatable bonds is 4. The van der Waals surface area contributed by atoms with Crippen LogP contribution in [0.4, 0.5) is 0 Å². The van der Waals surface area contributed by atoms with Crippen LogP contribution in [-0.2, 0) is 0 Å². The molecule has 0 bridgehead atoms. The molecule has 4 aliphatic rings. The maximum Gasteiger partial charge on any atom is 0.0827 e. The summed E-state index contributed by atoms with van der Waals surface area (Å²) in [6.45, 7) is 6.41. The third kappa shape index (κ3) is 2.63. The van der Waals surface area contributed by atoms with E-state index in [1.165, 1.54) is 57.8 Å². The fourth-order valence-electron chi connectivity index (χ4n) is 8.07. The minimum absolute atomic E-state index is 0.0640. The minimum Gasteiger partial charge on any atom is -0.395 e. The van der Waals surface area contributed by atoms with Crippen molar-refractivity contribution >= 4 is 0 Å². The van der Waals surface area contributed by atoms with Crippen molar-refractivity contribution in [1.29, 1.82) is 0 Å². The molecule has 4 saturated carbocycles. The van der Waals surface area contributed by atoms with E-state index in [2.05, 4.69) is 19.2 Å². The zero-order chi connectivity index (χ0) is 17.7. The zero-order valence-electron chi connectivity index (χ0n) is 16.4. The van der Waals surface area contributed by atoms with Crippen molar-refractivity contribution in [2.24, 2.45) is 34.5 Å². The van der Waals surface area contributed by atoms with Gasteiger partial charge in [-0.3, -0.25) is 0 Å². The molecule has 3 nitrogen and oxygen atoms in total. The first-order valence-electron chi connectivity index (χ1n) is 11.0. The summed E-state index contributed by atoms with van der Waals surface area (Å²) in [5, 5.41) is 23.9. The SMILES string of the molecule is C[C@]12CCCC[C@@H]1CC[C@@H]1[C@@H]2CC[C@]2(C)[C@H]1CC[C@@]2(O)CNCCO. The van der Waals surface area contributed by atoms with Crippen molar-refractivity contribution in [3.8, 4) is 0 Å². The van der Waals surface area contributed by atoms with Crippen LogP contribution in [-0.4, -0.2) is 35.5 Å². The highest BCUT2D eigenvalue weighted by molar-refractivity contribution is 5.14. The van der Waals surface area contributed by atoms with Crippen molar-refractivity contribution in [3.05, 3.63) is 0 Å². The molecular weight excluding hydrogens is 310 g/mol. The third-order valence-corrected chi connectivity index (χ3v) is 9.61. The Bertz CT molecular complexity index is 496. The molecule has 0 spiro atoms. The first-order valence-corrected chi connectivity index (χ1v) is 11.0. The van der Waals surface area contributed by atoms with Crippen LogP contribution >= 0.6 is 0 Å². The van der Waals surface area contributed by atoms with E-state index in [-0.39, 0.29) is 12.0 Å². The molecule has 0 amide bonds. The lowest BCUT2D eigenvalue weighted by Crippen LogP contribution is -2.58. The van der Waals surface area contributed by atoms with Gasteiger partial charge in [-0.05, 0) is 80.5 Å². The van der Waals surface area contributed by atoms with Crippen LogP contribution in [0, 0.1) is 34.5 Å². The van der Waals surface area contributed by atoms with E-state index in [1.807, 2.05) is 0 Å². The van der Waals surface area contributed by atoms with Gasteiger partial charge < -0.3 is 15.5 Å². The van der Waals surface area contributed by atoms with Crippen LogP contribution in [0.5, 0.6) is 0 Å². The first kappa shape index (κ1) is 18.3. The summed E-state index contributed by atoms with van der Waals surface area (Å²) in [6.07, 6.45) is 13.3. The number of hydrogen-bond donors (Lipinski definition) is 3. The number of fused-ring (bicyclic) bond motifs is 5. The lowest BCUT2D eigenvalue weighted by atomic mass is 9.44. The Balaban J connectivity index is 1.55. The van der Waals surface area contributed by atoms with E-state index >= 15 is 0 Å². The highest BCUT2D eigenvalue weighted by Crippen LogP contribution is 2.68. The number of hydrogen-bond acceptors (Lipinski definition) is 3. The summed E-state index contributed by atoms with van der Waals surface area (Å²) in [7, 11) is 0. The van der Waals surface area contributed by atoms with Gasteiger partial charge in [-0.15, -0.1) is 0 Å². The van der Waals surface area contributed by atoms with Crippen molar-refractivity contribution in [2.75, 3.05) is 19.7 Å². The van der Waals surface area contributed by atoms with Crippen molar-refractivity contribution in [2.45, 2.75) is 83.7 Å². The summed E-state index contributed by atoms with van der Waals surface area (Å²) in [6, 6.07) is 0. The second-order valence-corrected chi connectivity index (χ2v) is 10.3. The lowest BCUT2D eigenvalue weighted by Gasteiger charge is -2.61. The number of aliphatic hydroxyl groups excluding tert-OH is 1. The van der Waals surface area contributed by atoms with Crippen LogP contribution in [0.2, 0.25) is 0 Å². The topological polar surface area (TPSA) is 52.5 Å². The van der Waals surface area contributed by atoms with Gasteiger partial charge in [-0.2, -0.15) is 0 Å². The molecule has 3 heteroatoms. The van der Waals surface area contributed by atoms with Crippen LogP contribution in [0.15, 0.2) is 0 Å². The van der Waals surface area contributed by atoms with E-state index < -0.39 is 5.60 Å². The highest BCUT2D eigenvalue weighted by atomic mass is 16.3. The Morgan fingerprint density at radius 2 is 1.72 bits per heavy atom. The second kappa shape index (κ2) is 6.49. The van der Waals surface area contributed by atoms with Crippen LogP contribution in [0.3, 0.4) is 0 Å². The van der Waals surface area contributed by atoms with Crippen molar-refractivity contribution in [3.63, 3.8) is 0 Å². The fourth-order valence-corrected chi connectivity index (χ4v) is 8.07. The molecule has 144 valence electrons. The second-order valence-electron chi connectivity index (χ2n) is 10.3. The van der Waals surface area contributed by atoms with E-state index in [1.54, 1.807) is 0 Å². The summed E-state index contributed by atoms with van der Waals surface area (Å²) >= 11 is 0. The number of aliphatic hydroxyl groups is 2. The molecule has 0 aromatic rings. The van der Waals surface area contributed by atoms with Gasteiger partial charge >= 0.3 is 0 Å². The predicted molar refractivity (Wildman–Crippen MR) is 101 cm³/mol. The monoisotopic (exact) mass is 349 g/mol. The molecule has 0 heterocycles. The molecule has 7 atom stereocenters. The molecule has 0 radical (unpaired) electrons. The summed E-state index contributed by atoms with van der Waals surface area (Å²) < 4.78 is 0. The van der Waals surface area contributed by atoms with Crippen molar-refractivity contribution in [1.82, 2.24) is 5.32 Å². The average molecular weight is 350 g/mol. The molecule has 25 heavy (non-hydrogen) atoms. The summed E-state index contributed by atoms with van der Waals surface area (Å²) in [4.78, 5) is 0. The molecule has 0 aliphatic heterocycles. The van der Waals surface area contributed by atoms with Gasteiger partial charge in [0.1, 0.15) is 0 Å². The fraction of sp³-hybridized carbons (Fsp3) is 1.00. The van der Waals surface area contributed by atoms with Gasteiger partial charge in [0.2, 0.25) is 0 Å². The maximum atomic E-state index is 11.5. The van der Waals surface area contributed by atoms with Gasteiger partial charge in [0.05, 0.1) is 12.2 Å². The molecule has 3 N–H and O–H groups in total. The van der Waals surface area contributed by atoms with E-state index in [0.29, 0.717) is 24.4 Å². The standard InChI is InChI=1S/C22H39NO2/c1-20-10-4-3-5-16(20)6-7-17-18(20)8-11-21(2)19(17)9-12-22(21,25)15-23-13-14-24/h16-19,23-25H,3-15H2,1-2H3/t16-,17-,18+,19+,20+,21-,22-/m1/s1. The van der Waals surface area contributed by atoms with Gasteiger partial charge in [0.15, 0.2) is 0 Å². The molecule has 4 aliphatic carbocycles. The lowest BCUT2D eigenvalue weighted by molar-refractivity contribution is -0.150. The average Bonchev–Trinajstić information content (AvgIpc) is 2.86. The predicted octanol–water partition coefficient (Wildman–Crippen LogP) is 3.73. The van der Waals surface area contributed by atoms with Gasteiger partial charge in [0, 0.05) is 18.5 Å². The Labute approximate surface area is 154 Å². The van der Waals surface area contributed by atoms with E-state index in [0.717, 1.165) is 24.2 Å². The third-order valence-electron chi connectivity index (χ3n) is 9.61. The smallest absolute Gasteiger partial charge is 0.0827 e. The van der Waals surface area contributed by atoms with Crippen LogP contribution in [0.25, 0.3) is 0 Å². The maximum absolute atomic E-state index is 11.5. The molecule has 0 aromatic heterocycles. The van der Waals surface area contributed by atoms with Gasteiger partial charge in [-0.25, -0.2) is 0 Å². The minimum atomic E-state index is -0.581. The molecular formula is C22H39NO2. The quantitative estimate of drug-likeness (QED) is 0.678. The summed E-state index contributed by atoms with van der Waals surface area (Å²) in [5.41, 5.74) is 0.0644. The molecule has 4 rings (SSSR count).